The SMILES string of the molecule is C=CCNC(=O)c1cccn(-c2ccc(NC(=O)c3ccccc3C)cc2)c1=O. The molecule has 0 aliphatic heterocycles. The number of hydrogen-bond donors (Lipinski definition) is 2. The summed E-state index contributed by atoms with van der Waals surface area (Å²) >= 11 is 0. The predicted octanol–water partition coefficient (Wildman–Crippen LogP) is 3.31. The number of carbonyl (C=O) groups is 2. The highest BCUT2D eigenvalue weighted by molar-refractivity contribution is 6.05. The van der Waals surface area contributed by atoms with Crippen LogP contribution in [0.25, 0.3) is 5.69 Å². The smallest absolute Gasteiger partial charge is 0.267 e. The number of anilines is 1. The molecule has 0 bridgehead atoms. The quantitative estimate of drug-likeness (QED) is 0.637. The van der Waals surface area contributed by atoms with Crippen LogP contribution in [0, 0.1) is 6.92 Å². The molecule has 3 aromatic rings. The molecular formula is C23H21N3O3. The van der Waals surface area contributed by atoms with Crippen LogP contribution in [0.1, 0.15) is 26.3 Å². The lowest BCUT2D eigenvalue weighted by Gasteiger charge is -2.10. The van der Waals surface area contributed by atoms with Crippen LogP contribution in [0.15, 0.2) is 84.3 Å². The van der Waals surface area contributed by atoms with Gasteiger partial charge in [0.15, 0.2) is 0 Å². The first-order chi connectivity index (χ1) is 14.0. The zero-order valence-corrected chi connectivity index (χ0v) is 16.0. The van der Waals surface area contributed by atoms with Crippen molar-refractivity contribution in [1.82, 2.24) is 9.88 Å². The summed E-state index contributed by atoms with van der Waals surface area (Å²) in [5, 5.41) is 5.45. The van der Waals surface area contributed by atoms with Gasteiger partial charge in [-0.05, 0) is 55.0 Å². The van der Waals surface area contributed by atoms with Gasteiger partial charge in [-0.3, -0.25) is 19.0 Å². The molecule has 6 heteroatoms. The lowest BCUT2D eigenvalue weighted by molar-refractivity contribution is 0.0955. The molecule has 2 N–H and O–H groups in total. The Balaban J connectivity index is 1.81. The van der Waals surface area contributed by atoms with E-state index in [-0.39, 0.29) is 18.0 Å². The van der Waals surface area contributed by atoms with E-state index in [9.17, 15) is 14.4 Å². The fraction of sp³-hybridized carbons (Fsp3) is 0.0870. The second-order valence-electron chi connectivity index (χ2n) is 6.41. The topological polar surface area (TPSA) is 80.2 Å². The number of rotatable bonds is 6. The Kier molecular flexibility index (Phi) is 6.04. The Labute approximate surface area is 168 Å². The summed E-state index contributed by atoms with van der Waals surface area (Å²) in [6.45, 7) is 5.70. The van der Waals surface area contributed by atoms with Crippen LogP contribution in [-0.4, -0.2) is 22.9 Å². The molecule has 0 aliphatic rings. The van der Waals surface area contributed by atoms with Gasteiger partial charge in [-0.25, -0.2) is 0 Å². The number of benzene rings is 2. The summed E-state index contributed by atoms with van der Waals surface area (Å²) in [6, 6.07) is 17.3. The van der Waals surface area contributed by atoms with Gasteiger partial charge in [0.1, 0.15) is 5.56 Å². The lowest BCUT2D eigenvalue weighted by Crippen LogP contribution is -2.32. The monoisotopic (exact) mass is 387 g/mol. The van der Waals surface area contributed by atoms with Crippen molar-refractivity contribution in [3.8, 4) is 5.69 Å². The van der Waals surface area contributed by atoms with Gasteiger partial charge in [-0.2, -0.15) is 0 Å². The molecule has 146 valence electrons. The molecule has 0 radical (unpaired) electrons. The van der Waals surface area contributed by atoms with Crippen molar-refractivity contribution in [1.29, 1.82) is 0 Å². The van der Waals surface area contributed by atoms with E-state index in [0.717, 1.165) is 5.56 Å². The van der Waals surface area contributed by atoms with Crippen molar-refractivity contribution in [2.75, 3.05) is 11.9 Å². The molecular weight excluding hydrogens is 366 g/mol. The zero-order chi connectivity index (χ0) is 20.8. The second kappa shape index (κ2) is 8.84. The van der Waals surface area contributed by atoms with Crippen LogP contribution >= 0.6 is 0 Å². The minimum Gasteiger partial charge on any atom is -0.348 e. The summed E-state index contributed by atoms with van der Waals surface area (Å²) in [7, 11) is 0. The van der Waals surface area contributed by atoms with Crippen molar-refractivity contribution < 1.29 is 9.59 Å². The molecule has 0 fully saturated rings. The van der Waals surface area contributed by atoms with Crippen molar-refractivity contribution in [2.24, 2.45) is 0 Å². The molecule has 0 saturated heterocycles. The van der Waals surface area contributed by atoms with Gasteiger partial charge in [0.05, 0.1) is 0 Å². The van der Waals surface area contributed by atoms with Crippen molar-refractivity contribution in [3.05, 3.63) is 107 Å². The maximum Gasteiger partial charge on any atom is 0.267 e. The van der Waals surface area contributed by atoms with Gasteiger partial charge >= 0.3 is 0 Å². The third-order valence-corrected chi connectivity index (χ3v) is 4.39. The van der Waals surface area contributed by atoms with E-state index in [2.05, 4.69) is 17.2 Å². The Morgan fingerprint density at radius 3 is 2.34 bits per heavy atom. The van der Waals surface area contributed by atoms with E-state index in [0.29, 0.717) is 16.9 Å². The van der Waals surface area contributed by atoms with Gasteiger partial charge < -0.3 is 10.6 Å². The Hall–Kier alpha value is -3.93. The Morgan fingerprint density at radius 2 is 1.66 bits per heavy atom. The number of hydrogen-bond acceptors (Lipinski definition) is 3. The maximum atomic E-state index is 12.7. The van der Waals surface area contributed by atoms with Crippen molar-refractivity contribution >= 4 is 17.5 Å². The fourth-order valence-electron chi connectivity index (χ4n) is 2.86. The first-order valence-corrected chi connectivity index (χ1v) is 9.09. The van der Waals surface area contributed by atoms with Crippen LogP contribution in [0.2, 0.25) is 0 Å². The van der Waals surface area contributed by atoms with E-state index in [1.807, 2.05) is 25.1 Å². The highest BCUT2D eigenvalue weighted by Crippen LogP contribution is 2.15. The first-order valence-electron chi connectivity index (χ1n) is 9.09. The molecule has 0 spiro atoms. The largest absolute Gasteiger partial charge is 0.348 e. The lowest BCUT2D eigenvalue weighted by atomic mass is 10.1. The van der Waals surface area contributed by atoms with E-state index in [1.165, 1.54) is 10.6 Å². The van der Waals surface area contributed by atoms with E-state index in [1.54, 1.807) is 48.7 Å². The molecule has 1 aromatic heterocycles. The number of aromatic nitrogens is 1. The third-order valence-electron chi connectivity index (χ3n) is 4.39. The number of carbonyl (C=O) groups excluding carboxylic acids is 2. The maximum absolute atomic E-state index is 12.7. The number of amides is 2. The molecule has 0 aliphatic carbocycles. The molecule has 0 saturated carbocycles. The van der Waals surface area contributed by atoms with Gasteiger partial charge in [-0.1, -0.05) is 24.3 Å². The molecule has 0 unspecified atom stereocenters. The minimum absolute atomic E-state index is 0.0475. The van der Waals surface area contributed by atoms with Gasteiger partial charge in [0.2, 0.25) is 0 Å². The van der Waals surface area contributed by atoms with Crippen molar-refractivity contribution in [3.63, 3.8) is 0 Å². The highest BCUT2D eigenvalue weighted by Gasteiger charge is 2.13. The standard InChI is InChI=1S/C23H21N3O3/c1-3-14-24-21(27)20-9-6-15-26(23(20)29)18-12-10-17(11-13-18)25-22(28)19-8-5-4-7-16(19)2/h3-13,15H,1,14H2,2H3,(H,24,27)(H,25,28). The molecule has 2 aromatic carbocycles. The van der Waals surface area contributed by atoms with Crippen LogP contribution in [0.3, 0.4) is 0 Å². The molecule has 29 heavy (non-hydrogen) atoms. The molecule has 6 nitrogen and oxygen atoms in total. The van der Waals surface area contributed by atoms with E-state index in [4.69, 9.17) is 0 Å². The summed E-state index contributed by atoms with van der Waals surface area (Å²) in [4.78, 5) is 37.2. The number of nitrogens with zero attached hydrogens (tertiary/aromatic N) is 1. The number of nitrogens with one attached hydrogen (secondary N) is 2. The highest BCUT2D eigenvalue weighted by atomic mass is 16.2. The zero-order valence-electron chi connectivity index (χ0n) is 16.0. The van der Waals surface area contributed by atoms with Crippen LogP contribution < -0.4 is 16.2 Å². The second-order valence-corrected chi connectivity index (χ2v) is 6.41. The molecule has 3 rings (SSSR count). The van der Waals surface area contributed by atoms with Crippen molar-refractivity contribution in [2.45, 2.75) is 6.92 Å². The van der Waals surface area contributed by atoms with Crippen LogP contribution in [0.4, 0.5) is 5.69 Å². The summed E-state index contributed by atoms with van der Waals surface area (Å²) in [5.74, 6) is -0.653. The minimum atomic E-state index is -0.452. The van der Waals surface area contributed by atoms with Gasteiger partial charge in [0.25, 0.3) is 17.4 Å². The Morgan fingerprint density at radius 1 is 0.966 bits per heavy atom. The summed E-state index contributed by atoms with van der Waals surface area (Å²) < 4.78 is 1.38. The molecule has 1 heterocycles. The van der Waals surface area contributed by atoms with Crippen LogP contribution in [-0.2, 0) is 0 Å². The average molecular weight is 387 g/mol. The predicted molar refractivity (Wildman–Crippen MR) is 114 cm³/mol. The molecule has 0 atom stereocenters. The summed E-state index contributed by atoms with van der Waals surface area (Å²) in [6.07, 6.45) is 3.14. The fourth-order valence-corrected chi connectivity index (χ4v) is 2.86. The summed E-state index contributed by atoms with van der Waals surface area (Å²) in [5.41, 5.74) is 2.31. The van der Waals surface area contributed by atoms with Gasteiger partial charge in [0, 0.05) is 29.7 Å². The normalized spacial score (nSPS) is 10.2. The molecule has 2 amide bonds. The van der Waals surface area contributed by atoms with E-state index < -0.39 is 11.5 Å². The first kappa shape index (κ1) is 19.8. The van der Waals surface area contributed by atoms with Gasteiger partial charge in [-0.15, -0.1) is 6.58 Å². The average Bonchev–Trinajstić information content (AvgIpc) is 2.73. The van der Waals surface area contributed by atoms with E-state index >= 15 is 0 Å². The third kappa shape index (κ3) is 4.50. The number of aryl methyl sites for hydroxylation is 1. The Bertz CT molecular complexity index is 1110. The van der Waals surface area contributed by atoms with Crippen LogP contribution in [0.5, 0.6) is 0 Å². The number of pyridine rings is 1.